The van der Waals surface area contributed by atoms with Gasteiger partial charge in [-0.3, -0.25) is 19.8 Å². The minimum absolute atomic E-state index is 0.0134. The zero-order valence-corrected chi connectivity index (χ0v) is 16.0. The third kappa shape index (κ3) is 3.83. The van der Waals surface area contributed by atoms with E-state index in [0.29, 0.717) is 17.1 Å². The predicted molar refractivity (Wildman–Crippen MR) is 109 cm³/mol. The molecule has 4 rings (SSSR count). The van der Waals surface area contributed by atoms with Gasteiger partial charge in [-0.25, -0.2) is 4.79 Å². The van der Waals surface area contributed by atoms with Gasteiger partial charge in [-0.05, 0) is 36.8 Å². The Morgan fingerprint density at radius 1 is 1.03 bits per heavy atom. The summed E-state index contributed by atoms with van der Waals surface area (Å²) in [5, 5.41) is 13.3. The van der Waals surface area contributed by atoms with Gasteiger partial charge in [0.25, 0.3) is 11.6 Å². The van der Waals surface area contributed by atoms with E-state index < -0.39 is 16.9 Å². The third-order valence-electron chi connectivity index (χ3n) is 4.70. The average Bonchev–Trinajstić information content (AvgIpc) is 3.30. The third-order valence-corrected chi connectivity index (χ3v) is 4.70. The van der Waals surface area contributed by atoms with Crippen molar-refractivity contribution in [2.24, 2.45) is 0 Å². The quantitative estimate of drug-likeness (QED) is 0.297. The lowest BCUT2D eigenvalue weighted by molar-refractivity contribution is -0.384. The van der Waals surface area contributed by atoms with Gasteiger partial charge in [-0.15, -0.1) is 0 Å². The molecule has 0 saturated carbocycles. The normalized spacial score (nSPS) is 15.0. The van der Waals surface area contributed by atoms with Gasteiger partial charge < -0.3 is 9.73 Å². The van der Waals surface area contributed by atoms with Crippen LogP contribution in [0, 0.1) is 17.0 Å². The molecule has 0 radical (unpaired) electrons. The number of nitro groups is 1. The summed E-state index contributed by atoms with van der Waals surface area (Å²) in [5.74, 6) is 0.433. The van der Waals surface area contributed by atoms with Crippen molar-refractivity contribution in [3.63, 3.8) is 0 Å². The smallest absolute Gasteiger partial charge is 0.329 e. The molecule has 0 aliphatic carbocycles. The molecule has 8 nitrogen and oxygen atoms in total. The van der Waals surface area contributed by atoms with Crippen LogP contribution in [0.4, 0.5) is 10.5 Å². The fourth-order valence-electron chi connectivity index (χ4n) is 3.07. The van der Waals surface area contributed by atoms with Gasteiger partial charge in [0, 0.05) is 23.8 Å². The summed E-state index contributed by atoms with van der Waals surface area (Å²) in [6.45, 7) is 2.14. The molecule has 0 bridgehead atoms. The second-order valence-corrected chi connectivity index (χ2v) is 6.87. The number of furan rings is 1. The van der Waals surface area contributed by atoms with E-state index in [2.05, 4.69) is 5.32 Å². The number of carbonyl (C=O) groups is 2. The molecule has 1 fully saturated rings. The minimum atomic E-state index is -0.492. The predicted octanol–water partition coefficient (Wildman–Crippen LogP) is 4.26. The highest BCUT2D eigenvalue weighted by molar-refractivity contribution is 6.13. The summed E-state index contributed by atoms with van der Waals surface area (Å²) < 4.78 is 5.71. The molecule has 0 unspecified atom stereocenters. The Balaban J connectivity index is 1.51. The molecule has 30 heavy (non-hydrogen) atoms. The summed E-state index contributed by atoms with van der Waals surface area (Å²) in [6, 6.07) is 16.4. The molecule has 150 valence electrons. The molecule has 8 heteroatoms. The second-order valence-electron chi connectivity index (χ2n) is 6.87. The van der Waals surface area contributed by atoms with Gasteiger partial charge in [0.15, 0.2) is 0 Å². The van der Waals surface area contributed by atoms with Crippen molar-refractivity contribution in [1.82, 2.24) is 10.2 Å². The van der Waals surface area contributed by atoms with E-state index in [9.17, 15) is 19.7 Å². The number of hydrogen-bond acceptors (Lipinski definition) is 5. The molecule has 3 aromatic rings. The van der Waals surface area contributed by atoms with Crippen LogP contribution in [0.1, 0.15) is 16.9 Å². The van der Waals surface area contributed by atoms with E-state index in [0.717, 1.165) is 16.0 Å². The highest BCUT2D eigenvalue weighted by Crippen LogP contribution is 2.26. The van der Waals surface area contributed by atoms with Crippen molar-refractivity contribution in [2.75, 3.05) is 0 Å². The molecular weight excluding hydrogens is 386 g/mol. The molecule has 3 amide bonds. The van der Waals surface area contributed by atoms with Crippen molar-refractivity contribution >= 4 is 23.7 Å². The van der Waals surface area contributed by atoms with E-state index in [-0.39, 0.29) is 17.9 Å². The van der Waals surface area contributed by atoms with Crippen molar-refractivity contribution in [1.29, 1.82) is 0 Å². The molecule has 0 atom stereocenters. The number of urea groups is 1. The topological polar surface area (TPSA) is 106 Å². The molecule has 1 N–H and O–H groups in total. The maximum atomic E-state index is 12.6. The molecule has 1 aliphatic heterocycles. The number of benzene rings is 2. The largest absolute Gasteiger partial charge is 0.457 e. The number of nitrogens with zero attached hydrogens (tertiary/aromatic N) is 2. The van der Waals surface area contributed by atoms with Crippen LogP contribution in [0.25, 0.3) is 17.4 Å². The van der Waals surface area contributed by atoms with Gasteiger partial charge in [0.05, 0.1) is 11.5 Å². The number of aryl methyl sites for hydroxylation is 1. The second kappa shape index (κ2) is 7.67. The Kier molecular flexibility index (Phi) is 4.89. The fourth-order valence-corrected chi connectivity index (χ4v) is 3.07. The molecule has 2 aromatic carbocycles. The monoisotopic (exact) mass is 403 g/mol. The standard InChI is InChI=1S/C22H17N3O5/c1-14-2-4-15(5-3-14)13-24-21(26)19(23-22(24)27)12-18-10-11-20(30-18)16-6-8-17(9-7-16)25(28)29/h2-12H,13H2,1H3,(H,23,27)/b19-12-. The highest BCUT2D eigenvalue weighted by Gasteiger charge is 2.33. The lowest BCUT2D eigenvalue weighted by Crippen LogP contribution is -2.30. The summed E-state index contributed by atoms with van der Waals surface area (Å²) >= 11 is 0. The maximum Gasteiger partial charge on any atom is 0.329 e. The van der Waals surface area contributed by atoms with Crippen LogP contribution in [0.2, 0.25) is 0 Å². The number of hydrogen-bond donors (Lipinski definition) is 1. The van der Waals surface area contributed by atoms with Crippen molar-refractivity contribution in [3.05, 3.63) is 93.4 Å². The van der Waals surface area contributed by atoms with Crippen LogP contribution in [0.15, 0.2) is 70.8 Å². The molecule has 1 saturated heterocycles. The van der Waals surface area contributed by atoms with Gasteiger partial charge in [0.1, 0.15) is 17.2 Å². The van der Waals surface area contributed by atoms with E-state index in [1.165, 1.54) is 18.2 Å². The summed E-state index contributed by atoms with van der Waals surface area (Å²) in [7, 11) is 0. The minimum Gasteiger partial charge on any atom is -0.457 e. The Morgan fingerprint density at radius 2 is 1.73 bits per heavy atom. The Morgan fingerprint density at radius 3 is 2.40 bits per heavy atom. The summed E-state index contributed by atoms with van der Waals surface area (Å²) in [6.07, 6.45) is 1.46. The maximum absolute atomic E-state index is 12.6. The number of imide groups is 1. The molecule has 1 aliphatic rings. The number of nitro benzene ring substituents is 1. The first-order valence-corrected chi connectivity index (χ1v) is 9.15. The van der Waals surface area contributed by atoms with Crippen LogP contribution in [0.5, 0.6) is 0 Å². The fraction of sp³-hybridized carbons (Fsp3) is 0.0909. The number of carbonyl (C=O) groups excluding carboxylic acids is 2. The number of rotatable bonds is 5. The Bertz CT molecular complexity index is 1160. The number of nitrogens with one attached hydrogen (secondary N) is 1. The van der Waals surface area contributed by atoms with Gasteiger partial charge in [-0.1, -0.05) is 29.8 Å². The zero-order chi connectivity index (χ0) is 21.3. The lowest BCUT2D eigenvalue weighted by atomic mass is 10.1. The van der Waals surface area contributed by atoms with Gasteiger partial charge >= 0.3 is 6.03 Å². The zero-order valence-electron chi connectivity index (χ0n) is 16.0. The number of non-ortho nitro benzene ring substituents is 1. The molecule has 1 aromatic heterocycles. The van der Waals surface area contributed by atoms with E-state index in [1.54, 1.807) is 24.3 Å². The van der Waals surface area contributed by atoms with E-state index in [4.69, 9.17) is 4.42 Å². The summed E-state index contributed by atoms with van der Waals surface area (Å²) in [5.41, 5.74) is 2.72. The van der Waals surface area contributed by atoms with Crippen LogP contribution >= 0.6 is 0 Å². The first-order valence-electron chi connectivity index (χ1n) is 9.15. The first-order chi connectivity index (χ1) is 14.4. The Labute approximate surface area is 171 Å². The highest BCUT2D eigenvalue weighted by atomic mass is 16.6. The molecule has 2 heterocycles. The van der Waals surface area contributed by atoms with Crippen LogP contribution in [-0.2, 0) is 11.3 Å². The van der Waals surface area contributed by atoms with Crippen molar-refractivity contribution < 1.29 is 18.9 Å². The van der Waals surface area contributed by atoms with E-state index in [1.807, 2.05) is 31.2 Å². The SMILES string of the molecule is Cc1ccc(CN2C(=O)N/C(=C\c3ccc(-c4ccc([N+](=O)[O-])cc4)o3)C2=O)cc1. The summed E-state index contributed by atoms with van der Waals surface area (Å²) in [4.78, 5) is 36.3. The van der Waals surface area contributed by atoms with Gasteiger partial charge in [-0.2, -0.15) is 0 Å². The molecule has 0 spiro atoms. The van der Waals surface area contributed by atoms with E-state index >= 15 is 0 Å². The molecular formula is C22H17N3O5. The first kappa shape index (κ1) is 19.1. The number of amides is 3. The average molecular weight is 403 g/mol. The van der Waals surface area contributed by atoms with Crippen LogP contribution in [-0.4, -0.2) is 21.8 Å². The van der Waals surface area contributed by atoms with Crippen LogP contribution in [0.3, 0.4) is 0 Å². The lowest BCUT2D eigenvalue weighted by Gasteiger charge is -2.11. The van der Waals surface area contributed by atoms with Crippen LogP contribution < -0.4 is 5.32 Å². The van der Waals surface area contributed by atoms with Gasteiger partial charge in [0.2, 0.25) is 0 Å². The Hall–Kier alpha value is -4.20. The van der Waals surface area contributed by atoms with Crippen molar-refractivity contribution in [2.45, 2.75) is 13.5 Å². The van der Waals surface area contributed by atoms with Crippen molar-refractivity contribution in [3.8, 4) is 11.3 Å².